The molecule has 0 aromatic heterocycles. The van der Waals surface area contributed by atoms with Gasteiger partial charge in [0.15, 0.2) is 0 Å². The van der Waals surface area contributed by atoms with Crippen LogP contribution in [0.2, 0.25) is 0 Å². The lowest BCUT2D eigenvalue weighted by atomic mass is 10.1. The number of nitrogens with one attached hydrogen (secondary N) is 2. The number of hydrogen-bond donors (Lipinski definition) is 3. The lowest BCUT2D eigenvalue weighted by Crippen LogP contribution is -2.46. The van der Waals surface area contributed by atoms with E-state index in [1.807, 2.05) is 6.92 Å². The van der Waals surface area contributed by atoms with Crippen LogP contribution in [0.3, 0.4) is 0 Å². The van der Waals surface area contributed by atoms with Crippen LogP contribution in [-0.2, 0) is 4.79 Å². The second kappa shape index (κ2) is 4.56. The summed E-state index contributed by atoms with van der Waals surface area (Å²) in [6, 6.07) is 0. The largest absolute Gasteiger partial charge is 0.360 e. The average Bonchev–Trinajstić information content (AvgIpc) is 2.02. The Morgan fingerprint density at radius 2 is 2.15 bits per heavy atom. The molecule has 13 heavy (non-hydrogen) atoms. The van der Waals surface area contributed by atoms with Gasteiger partial charge >= 0.3 is 0 Å². The monoisotopic (exact) mass is 200 g/mol. The van der Waals surface area contributed by atoms with Gasteiger partial charge in [0, 0.05) is 11.3 Å². The lowest BCUT2D eigenvalue weighted by molar-refractivity contribution is -0.118. The van der Waals surface area contributed by atoms with Crippen LogP contribution in [0.15, 0.2) is 11.3 Å². The summed E-state index contributed by atoms with van der Waals surface area (Å²) >= 11 is 4.13. The zero-order valence-electron chi connectivity index (χ0n) is 8.05. The third-order valence-corrected chi connectivity index (χ3v) is 2.39. The number of carbonyl (C=O) groups excluding carboxylic acids is 1. The number of allylic oxidation sites excluding steroid dienone is 1. The summed E-state index contributed by atoms with van der Waals surface area (Å²) in [7, 11) is 0. The van der Waals surface area contributed by atoms with E-state index in [1.54, 1.807) is 0 Å². The molecule has 1 heterocycles. The maximum absolute atomic E-state index is 11.5. The van der Waals surface area contributed by atoms with Crippen molar-refractivity contribution in [2.75, 3.05) is 0 Å². The van der Waals surface area contributed by atoms with Crippen molar-refractivity contribution in [1.82, 2.24) is 10.6 Å². The maximum Gasteiger partial charge on any atom is 0.251 e. The zero-order chi connectivity index (χ0) is 9.84. The third kappa shape index (κ3) is 2.66. The number of carbonyl (C=O) groups is 1. The lowest BCUT2D eigenvalue weighted by Gasteiger charge is -2.25. The number of thiol groups is 1. The molecule has 3 nitrogen and oxygen atoms in total. The van der Waals surface area contributed by atoms with Gasteiger partial charge in [-0.1, -0.05) is 13.3 Å². The molecule has 1 amide bonds. The van der Waals surface area contributed by atoms with E-state index in [0.29, 0.717) is 0 Å². The fourth-order valence-corrected chi connectivity index (χ4v) is 1.68. The van der Waals surface area contributed by atoms with Gasteiger partial charge < -0.3 is 10.6 Å². The predicted octanol–water partition coefficient (Wildman–Crippen LogP) is 1.38. The molecule has 1 aliphatic rings. The van der Waals surface area contributed by atoms with Gasteiger partial charge in [-0.25, -0.2) is 0 Å². The topological polar surface area (TPSA) is 41.1 Å². The van der Waals surface area contributed by atoms with E-state index in [2.05, 4.69) is 30.2 Å². The molecule has 4 heteroatoms. The van der Waals surface area contributed by atoms with E-state index >= 15 is 0 Å². The van der Waals surface area contributed by atoms with Crippen LogP contribution in [0, 0.1) is 0 Å². The van der Waals surface area contributed by atoms with Gasteiger partial charge in [-0.2, -0.15) is 0 Å². The van der Waals surface area contributed by atoms with Gasteiger partial charge in [0.05, 0.1) is 0 Å². The van der Waals surface area contributed by atoms with Crippen LogP contribution >= 0.6 is 12.6 Å². The molecule has 0 saturated carbocycles. The van der Waals surface area contributed by atoms with Gasteiger partial charge in [0.25, 0.3) is 5.91 Å². The first-order chi connectivity index (χ1) is 6.15. The summed E-state index contributed by atoms with van der Waals surface area (Å²) in [5.74, 6) is 0.0182. The van der Waals surface area contributed by atoms with Crippen LogP contribution in [-0.4, -0.2) is 11.4 Å². The van der Waals surface area contributed by atoms with Crippen molar-refractivity contribution in [1.29, 1.82) is 0 Å². The molecule has 74 valence electrons. The highest BCUT2D eigenvalue weighted by atomic mass is 32.1. The predicted molar refractivity (Wildman–Crippen MR) is 56.3 cm³/mol. The summed E-state index contributed by atoms with van der Waals surface area (Å²) in [6.45, 7) is 4.04. The molecule has 2 N–H and O–H groups in total. The van der Waals surface area contributed by atoms with Crippen molar-refractivity contribution < 1.29 is 4.79 Å². The number of amides is 1. The Balaban J connectivity index is 2.67. The Bertz CT molecular complexity index is 238. The molecule has 0 radical (unpaired) electrons. The van der Waals surface area contributed by atoms with E-state index in [4.69, 9.17) is 0 Å². The molecular weight excluding hydrogens is 184 g/mol. The summed E-state index contributed by atoms with van der Waals surface area (Å²) in [4.78, 5) is 11.5. The van der Waals surface area contributed by atoms with E-state index < -0.39 is 0 Å². The second-order valence-corrected chi connectivity index (χ2v) is 3.74. The van der Waals surface area contributed by atoms with Crippen LogP contribution in [0.1, 0.15) is 33.1 Å². The number of unbranched alkanes of at least 4 members (excludes halogenated alkanes) is 1. The Hall–Kier alpha value is -0.640. The molecule has 0 fully saturated rings. The van der Waals surface area contributed by atoms with Gasteiger partial charge in [-0.05, 0) is 19.8 Å². The molecule has 0 aromatic rings. The third-order valence-electron chi connectivity index (χ3n) is 2.13. The molecule has 1 aliphatic heterocycles. The highest BCUT2D eigenvalue weighted by molar-refractivity contribution is 7.80. The molecular formula is C9H16N2OS. The van der Waals surface area contributed by atoms with Gasteiger partial charge in [0.1, 0.15) is 5.50 Å². The van der Waals surface area contributed by atoms with Crippen molar-refractivity contribution in [2.24, 2.45) is 0 Å². The Morgan fingerprint density at radius 3 is 2.69 bits per heavy atom. The smallest absolute Gasteiger partial charge is 0.251 e. The summed E-state index contributed by atoms with van der Waals surface area (Å²) in [5.41, 5.74) is 1.59. The molecule has 1 atom stereocenters. The second-order valence-electron chi connectivity index (χ2n) is 3.23. The minimum Gasteiger partial charge on any atom is -0.360 e. The van der Waals surface area contributed by atoms with E-state index in [1.165, 1.54) is 0 Å². The fraction of sp³-hybridized carbons (Fsp3) is 0.667. The minimum absolute atomic E-state index is 0.0182. The summed E-state index contributed by atoms with van der Waals surface area (Å²) in [5, 5.41) is 5.81. The van der Waals surface area contributed by atoms with E-state index in [0.717, 1.165) is 30.5 Å². The highest BCUT2D eigenvalue weighted by Crippen LogP contribution is 2.15. The molecule has 0 bridgehead atoms. The first kappa shape index (κ1) is 10.4. The SMILES string of the molecule is CCCCC1=C(C)NC(S)NC1=O. The first-order valence-corrected chi connectivity index (χ1v) is 5.12. The minimum atomic E-state index is -0.238. The maximum atomic E-state index is 11.5. The van der Waals surface area contributed by atoms with E-state index in [9.17, 15) is 4.79 Å². The van der Waals surface area contributed by atoms with Crippen LogP contribution in [0.25, 0.3) is 0 Å². The van der Waals surface area contributed by atoms with Crippen molar-refractivity contribution in [3.8, 4) is 0 Å². The van der Waals surface area contributed by atoms with Gasteiger partial charge in [-0.15, -0.1) is 12.6 Å². The first-order valence-electron chi connectivity index (χ1n) is 4.60. The van der Waals surface area contributed by atoms with Gasteiger partial charge in [0.2, 0.25) is 0 Å². The molecule has 0 aliphatic carbocycles. The van der Waals surface area contributed by atoms with Crippen LogP contribution in [0.4, 0.5) is 0 Å². The molecule has 1 unspecified atom stereocenters. The molecule has 0 aromatic carbocycles. The Labute approximate surface area is 84.4 Å². The normalized spacial score (nSPS) is 22.7. The van der Waals surface area contributed by atoms with Crippen molar-refractivity contribution in [3.05, 3.63) is 11.3 Å². The van der Waals surface area contributed by atoms with Crippen molar-refractivity contribution in [2.45, 2.75) is 38.6 Å². The van der Waals surface area contributed by atoms with Crippen LogP contribution < -0.4 is 10.6 Å². The average molecular weight is 200 g/mol. The quantitative estimate of drug-likeness (QED) is 0.602. The number of hydrogen-bond acceptors (Lipinski definition) is 3. The standard InChI is InChI=1S/C9H16N2OS/c1-3-4-5-7-6(2)10-9(13)11-8(7)12/h9-10,13H,3-5H2,1-2H3,(H,11,12). The Morgan fingerprint density at radius 1 is 1.46 bits per heavy atom. The summed E-state index contributed by atoms with van der Waals surface area (Å²) in [6.07, 6.45) is 3.01. The van der Waals surface area contributed by atoms with Crippen molar-refractivity contribution >= 4 is 18.5 Å². The molecule has 1 rings (SSSR count). The fourth-order valence-electron chi connectivity index (χ4n) is 1.36. The zero-order valence-corrected chi connectivity index (χ0v) is 8.95. The van der Waals surface area contributed by atoms with Gasteiger partial charge in [-0.3, -0.25) is 4.79 Å². The Kier molecular flexibility index (Phi) is 3.66. The molecule has 0 saturated heterocycles. The van der Waals surface area contributed by atoms with Crippen LogP contribution in [0.5, 0.6) is 0 Å². The summed E-state index contributed by atoms with van der Waals surface area (Å²) < 4.78 is 0. The molecule has 0 spiro atoms. The highest BCUT2D eigenvalue weighted by Gasteiger charge is 2.20. The van der Waals surface area contributed by atoms with E-state index in [-0.39, 0.29) is 11.4 Å². The van der Waals surface area contributed by atoms with Crippen molar-refractivity contribution in [3.63, 3.8) is 0 Å². The number of rotatable bonds is 3.